The summed E-state index contributed by atoms with van der Waals surface area (Å²) in [6, 6.07) is 6.30. The van der Waals surface area contributed by atoms with Gasteiger partial charge in [0.2, 0.25) is 0 Å². The molecule has 0 nitrogen and oxygen atoms in total. The number of benzene rings is 1. The fourth-order valence-electron chi connectivity index (χ4n) is 1.57. The highest BCUT2D eigenvalue weighted by atomic mass is 79.9. The minimum Gasteiger partial charge on any atom is -0.0885 e. The molecule has 1 atom stereocenters. The maximum absolute atomic E-state index is 6.21. The molecule has 0 aliphatic heterocycles. The Morgan fingerprint density at radius 3 is 2.44 bits per heavy atom. The van der Waals surface area contributed by atoms with Gasteiger partial charge in [0.15, 0.2) is 0 Å². The molecule has 0 saturated carbocycles. The quantitative estimate of drug-likeness (QED) is 0.657. The maximum atomic E-state index is 6.21. The second kappa shape index (κ2) is 5.55. The van der Waals surface area contributed by atoms with Gasteiger partial charge >= 0.3 is 0 Å². The van der Waals surface area contributed by atoms with Gasteiger partial charge in [-0.3, -0.25) is 0 Å². The zero-order chi connectivity index (χ0) is 12.3. The van der Waals surface area contributed by atoms with Gasteiger partial charge < -0.3 is 0 Å². The van der Waals surface area contributed by atoms with Gasteiger partial charge in [0.1, 0.15) is 0 Å². The van der Waals surface area contributed by atoms with Crippen LogP contribution in [0.5, 0.6) is 0 Å². The monoisotopic (exact) mass is 302 g/mol. The Labute approximate surface area is 113 Å². The number of halogens is 2. The van der Waals surface area contributed by atoms with Crippen LogP contribution < -0.4 is 0 Å². The van der Waals surface area contributed by atoms with Crippen molar-refractivity contribution in [2.45, 2.75) is 45.4 Å². The van der Waals surface area contributed by atoms with Gasteiger partial charge in [-0.25, -0.2) is 0 Å². The highest BCUT2D eigenvalue weighted by Gasteiger charge is 2.21. The van der Waals surface area contributed by atoms with Crippen LogP contribution >= 0.6 is 27.5 Å². The largest absolute Gasteiger partial charge is 0.0885 e. The van der Waals surface area contributed by atoms with Gasteiger partial charge in [-0.1, -0.05) is 60.4 Å². The predicted molar refractivity (Wildman–Crippen MR) is 76.7 cm³/mol. The molecule has 1 rings (SSSR count). The molecule has 90 valence electrons. The van der Waals surface area contributed by atoms with Crippen LogP contribution in [0.4, 0.5) is 0 Å². The summed E-state index contributed by atoms with van der Waals surface area (Å²) in [5, 5.41) is 0.897. The van der Waals surface area contributed by atoms with Crippen molar-refractivity contribution in [3.63, 3.8) is 0 Å². The summed E-state index contributed by atoms with van der Waals surface area (Å²) < 4.78 is 0. The third-order valence-corrected chi connectivity index (χ3v) is 5.00. The average molecular weight is 304 g/mol. The summed E-state index contributed by atoms with van der Waals surface area (Å²) in [4.78, 5) is 0.525. The number of alkyl halides is 1. The van der Waals surface area contributed by atoms with E-state index < -0.39 is 0 Å². The van der Waals surface area contributed by atoms with Gasteiger partial charge in [0.05, 0.1) is 0 Å². The first kappa shape index (κ1) is 14.1. The van der Waals surface area contributed by atoms with Crippen LogP contribution in [0.1, 0.15) is 38.3 Å². The molecule has 0 fully saturated rings. The smallest absolute Gasteiger partial charge is 0.0440 e. The normalized spacial score (nSPS) is 13.9. The topological polar surface area (TPSA) is 0 Å². The first-order valence-corrected chi connectivity index (χ1v) is 6.99. The highest BCUT2D eigenvalue weighted by molar-refractivity contribution is 9.09. The molecule has 1 aromatic carbocycles. The molecule has 0 bridgehead atoms. The Balaban J connectivity index is 2.62. The fraction of sp³-hybridized carbons (Fsp3) is 0.571. The summed E-state index contributed by atoms with van der Waals surface area (Å²) in [5.41, 5.74) is 2.78. The number of hydrogen-bond acceptors (Lipinski definition) is 0. The van der Waals surface area contributed by atoms with Crippen molar-refractivity contribution < 1.29 is 0 Å². The zero-order valence-corrected chi connectivity index (χ0v) is 12.8. The van der Waals surface area contributed by atoms with Gasteiger partial charge in [0.25, 0.3) is 0 Å². The lowest BCUT2D eigenvalue weighted by atomic mass is 9.88. The Bertz CT molecular complexity index is 352. The molecule has 0 aromatic heterocycles. The van der Waals surface area contributed by atoms with Crippen molar-refractivity contribution >= 4 is 27.5 Å². The molecule has 0 radical (unpaired) electrons. The molecule has 0 spiro atoms. The SMILES string of the molecule is Cc1ccc(CCC(Br)C(C)(C)C)c(Cl)c1. The zero-order valence-electron chi connectivity index (χ0n) is 10.5. The van der Waals surface area contributed by atoms with Crippen molar-refractivity contribution in [2.24, 2.45) is 5.41 Å². The van der Waals surface area contributed by atoms with Crippen LogP contribution in [-0.2, 0) is 6.42 Å². The summed E-state index contributed by atoms with van der Waals surface area (Å²) in [5.74, 6) is 0. The van der Waals surface area contributed by atoms with Crippen LogP contribution in [0.2, 0.25) is 5.02 Å². The Hall–Kier alpha value is -0.0100. The van der Waals surface area contributed by atoms with Crippen molar-refractivity contribution in [1.29, 1.82) is 0 Å². The van der Waals surface area contributed by atoms with E-state index in [-0.39, 0.29) is 0 Å². The maximum Gasteiger partial charge on any atom is 0.0440 e. The lowest BCUT2D eigenvalue weighted by Gasteiger charge is -2.25. The highest BCUT2D eigenvalue weighted by Crippen LogP contribution is 2.30. The summed E-state index contributed by atoms with van der Waals surface area (Å²) in [6.45, 7) is 8.83. The van der Waals surface area contributed by atoms with E-state index in [4.69, 9.17) is 11.6 Å². The molecule has 1 unspecified atom stereocenters. The molecular weight excluding hydrogens is 284 g/mol. The Morgan fingerprint density at radius 1 is 1.31 bits per heavy atom. The van der Waals surface area contributed by atoms with E-state index in [1.807, 2.05) is 6.07 Å². The summed E-state index contributed by atoms with van der Waals surface area (Å²) in [6.07, 6.45) is 2.15. The number of aryl methyl sites for hydroxylation is 2. The summed E-state index contributed by atoms with van der Waals surface area (Å²) >= 11 is 9.96. The first-order valence-electron chi connectivity index (χ1n) is 5.70. The van der Waals surface area contributed by atoms with Gasteiger partial charge in [-0.15, -0.1) is 0 Å². The molecule has 0 heterocycles. The Morgan fingerprint density at radius 2 is 1.94 bits per heavy atom. The van der Waals surface area contributed by atoms with E-state index in [0.29, 0.717) is 10.2 Å². The molecule has 2 heteroatoms. The number of hydrogen-bond donors (Lipinski definition) is 0. The van der Waals surface area contributed by atoms with E-state index in [9.17, 15) is 0 Å². The van der Waals surface area contributed by atoms with Gasteiger partial charge in [0, 0.05) is 9.85 Å². The standard InChI is InChI=1S/C14H20BrCl/c1-10-5-6-11(12(16)9-10)7-8-13(15)14(2,3)4/h5-6,9,13H,7-8H2,1-4H3. The third kappa shape index (κ3) is 4.10. The van der Waals surface area contributed by atoms with Crippen molar-refractivity contribution in [1.82, 2.24) is 0 Å². The van der Waals surface area contributed by atoms with Crippen LogP contribution in [0.15, 0.2) is 18.2 Å². The van der Waals surface area contributed by atoms with E-state index in [1.165, 1.54) is 11.1 Å². The first-order chi connectivity index (χ1) is 7.30. The molecule has 0 N–H and O–H groups in total. The van der Waals surface area contributed by atoms with Crippen molar-refractivity contribution in [3.05, 3.63) is 34.3 Å². The summed E-state index contributed by atoms with van der Waals surface area (Å²) in [7, 11) is 0. The lowest BCUT2D eigenvalue weighted by molar-refractivity contribution is 0.386. The minimum absolute atomic E-state index is 0.303. The molecule has 0 amide bonds. The number of rotatable bonds is 3. The van der Waals surface area contributed by atoms with E-state index in [2.05, 4.69) is 55.8 Å². The van der Waals surface area contributed by atoms with Crippen molar-refractivity contribution in [3.8, 4) is 0 Å². The van der Waals surface area contributed by atoms with E-state index in [0.717, 1.165) is 17.9 Å². The molecule has 0 aliphatic carbocycles. The van der Waals surface area contributed by atoms with E-state index >= 15 is 0 Å². The molecular formula is C14H20BrCl. The van der Waals surface area contributed by atoms with Gasteiger partial charge in [-0.2, -0.15) is 0 Å². The van der Waals surface area contributed by atoms with Crippen molar-refractivity contribution in [2.75, 3.05) is 0 Å². The Kier molecular flexibility index (Phi) is 4.88. The second-order valence-corrected chi connectivity index (χ2v) is 6.98. The average Bonchev–Trinajstić information content (AvgIpc) is 2.14. The van der Waals surface area contributed by atoms with Crippen LogP contribution in [0, 0.1) is 12.3 Å². The molecule has 0 aliphatic rings. The van der Waals surface area contributed by atoms with Gasteiger partial charge in [-0.05, 0) is 42.4 Å². The second-order valence-electron chi connectivity index (χ2n) is 5.47. The van der Waals surface area contributed by atoms with Crippen LogP contribution in [0.3, 0.4) is 0 Å². The molecule has 0 saturated heterocycles. The fourth-order valence-corrected chi connectivity index (χ4v) is 2.13. The molecule has 16 heavy (non-hydrogen) atoms. The minimum atomic E-state index is 0.303. The van der Waals surface area contributed by atoms with E-state index in [1.54, 1.807) is 0 Å². The van der Waals surface area contributed by atoms with Crippen LogP contribution in [0.25, 0.3) is 0 Å². The lowest BCUT2D eigenvalue weighted by Crippen LogP contribution is -2.20. The predicted octanol–water partition coefficient (Wildman–Crippen LogP) is 5.39. The third-order valence-electron chi connectivity index (χ3n) is 2.82. The molecule has 1 aromatic rings. The van der Waals surface area contributed by atoms with Crippen LogP contribution in [-0.4, -0.2) is 4.83 Å².